The van der Waals surface area contributed by atoms with Crippen LogP contribution in [-0.4, -0.2) is 9.97 Å². The van der Waals surface area contributed by atoms with E-state index in [1.54, 1.807) is 12.1 Å². The Balaban J connectivity index is 1.90. The van der Waals surface area contributed by atoms with E-state index in [1.807, 2.05) is 12.1 Å². The molecule has 3 rings (SSSR count). The fraction of sp³-hybridized carbons (Fsp3) is 0.0667. The van der Waals surface area contributed by atoms with Gasteiger partial charge in [-0.15, -0.1) is 0 Å². The first-order valence-corrected chi connectivity index (χ1v) is 6.40. The highest BCUT2D eigenvalue weighted by Gasteiger charge is 2.29. The SMILES string of the molecule is Nc1nc(Nc2ccc(C(F)(F)F)cc2)nc2ccccc12. The van der Waals surface area contributed by atoms with Gasteiger partial charge in [-0.3, -0.25) is 0 Å². The quantitative estimate of drug-likeness (QED) is 0.752. The molecular formula is C15H11F3N4. The number of halogens is 3. The molecule has 0 unspecified atom stereocenters. The zero-order valence-electron chi connectivity index (χ0n) is 11.2. The van der Waals surface area contributed by atoms with Crippen molar-refractivity contribution in [3.63, 3.8) is 0 Å². The monoisotopic (exact) mass is 304 g/mol. The van der Waals surface area contributed by atoms with E-state index in [1.165, 1.54) is 12.1 Å². The van der Waals surface area contributed by atoms with E-state index in [4.69, 9.17) is 5.73 Å². The number of aromatic nitrogens is 2. The van der Waals surface area contributed by atoms with E-state index in [0.29, 0.717) is 17.0 Å². The summed E-state index contributed by atoms with van der Waals surface area (Å²) >= 11 is 0. The molecule has 22 heavy (non-hydrogen) atoms. The summed E-state index contributed by atoms with van der Waals surface area (Å²) in [5.41, 5.74) is 6.24. The first-order valence-electron chi connectivity index (χ1n) is 6.40. The van der Waals surface area contributed by atoms with Crippen molar-refractivity contribution < 1.29 is 13.2 Å². The van der Waals surface area contributed by atoms with Gasteiger partial charge in [0, 0.05) is 11.1 Å². The van der Waals surface area contributed by atoms with Crippen molar-refractivity contribution in [3.8, 4) is 0 Å². The smallest absolute Gasteiger partial charge is 0.383 e. The maximum Gasteiger partial charge on any atom is 0.416 e. The first-order chi connectivity index (χ1) is 10.4. The van der Waals surface area contributed by atoms with Gasteiger partial charge in [0.25, 0.3) is 0 Å². The fourth-order valence-electron chi connectivity index (χ4n) is 2.03. The van der Waals surface area contributed by atoms with Crippen LogP contribution < -0.4 is 11.1 Å². The van der Waals surface area contributed by atoms with Crippen molar-refractivity contribution in [2.45, 2.75) is 6.18 Å². The van der Waals surface area contributed by atoms with Gasteiger partial charge in [0.2, 0.25) is 5.95 Å². The lowest BCUT2D eigenvalue weighted by Crippen LogP contribution is -2.05. The minimum Gasteiger partial charge on any atom is -0.383 e. The molecule has 7 heteroatoms. The van der Waals surface area contributed by atoms with Gasteiger partial charge in [-0.05, 0) is 36.4 Å². The molecule has 0 saturated carbocycles. The molecule has 0 radical (unpaired) electrons. The van der Waals surface area contributed by atoms with Gasteiger partial charge in [0.1, 0.15) is 5.82 Å². The largest absolute Gasteiger partial charge is 0.416 e. The Morgan fingerprint density at radius 1 is 0.909 bits per heavy atom. The average molecular weight is 304 g/mol. The minimum atomic E-state index is -4.36. The van der Waals surface area contributed by atoms with Gasteiger partial charge in [0.05, 0.1) is 11.1 Å². The second-order valence-corrected chi connectivity index (χ2v) is 4.65. The highest BCUT2D eigenvalue weighted by atomic mass is 19.4. The van der Waals surface area contributed by atoms with Gasteiger partial charge in [-0.1, -0.05) is 12.1 Å². The van der Waals surface area contributed by atoms with Crippen LogP contribution in [0.2, 0.25) is 0 Å². The molecule has 0 fully saturated rings. The van der Waals surface area contributed by atoms with E-state index < -0.39 is 11.7 Å². The van der Waals surface area contributed by atoms with E-state index in [-0.39, 0.29) is 5.95 Å². The predicted molar refractivity (Wildman–Crippen MR) is 78.7 cm³/mol. The molecule has 112 valence electrons. The Labute approximate surface area is 123 Å². The number of para-hydroxylation sites is 1. The molecule has 0 aliphatic carbocycles. The Morgan fingerprint density at radius 3 is 2.27 bits per heavy atom. The molecule has 4 nitrogen and oxygen atoms in total. The van der Waals surface area contributed by atoms with E-state index in [9.17, 15) is 13.2 Å². The van der Waals surface area contributed by atoms with Gasteiger partial charge < -0.3 is 11.1 Å². The summed E-state index contributed by atoms with van der Waals surface area (Å²) in [5.74, 6) is 0.538. The molecule has 0 bridgehead atoms. The molecule has 0 aliphatic rings. The summed E-state index contributed by atoms with van der Waals surface area (Å²) < 4.78 is 37.5. The van der Waals surface area contributed by atoms with Crippen molar-refractivity contribution >= 4 is 28.4 Å². The molecule has 0 saturated heterocycles. The maximum atomic E-state index is 12.5. The van der Waals surface area contributed by atoms with Crippen LogP contribution in [0.25, 0.3) is 10.9 Å². The number of nitrogens with one attached hydrogen (secondary N) is 1. The second kappa shape index (κ2) is 5.18. The number of alkyl halides is 3. The summed E-state index contributed by atoms with van der Waals surface area (Å²) in [5, 5.41) is 3.57. The van der Waals surface area contributed by atoms with Crippen LogP contribution in [0.15, 0.2) is 48.5 Å². The summed E-state index contributed by atoms with van der Waals surface area (Å²) in [6.45, 7) is 0. The number of rotatable bonds is 2. The van der Waals surface area contributed by atoms with Crippen LogP contribution in [0.5, 0.6) is 0 Å². The summed E-state index contributed by atoms with van der Waals surface area (Å²) in [4.78, 5) is 8.38. The topological polar surface area (TPSA) is 63.8 Å². The molecule has 0 spiro atoms. The standard InChI is InChI=1S/C15H11F3N4/c16-15(17,18)9-5-7-10(8-6-9)20-14-21-12-4-2-1-3-11(12)13(19)22-14/h1-8H,(H3,19,20,21,22). The van der Waals surface area contributed by atoms with E-state index in [0.717, 1.165) is 17.5 Å². The van der Waals surface area contributed by atoms with Crippen molar-refractivity contribution in [1.82, 2.24) is 9.97 Å². The lowest BCUT2D eigenvalue weighted by Gasteiger charge is -2.09. The Bertz CT molecular complexity index is 813. The van der Waals surface area contributed by atoms with Crippen molar-refractivity contribution in [3.05, 3.63) is 54.1 Å². The Hall–Kier alpha value is -2.83. The van der Waals surface area contributed by atoms with Gasteiger partial charge >= 0.3 is 6.18 Å². The Morgan fingerprint density at radius 2 is 1.59 bits per heavy atom. The second-order valence-electron chi connectivity index (χ2n) is 4.65. The van der Waals surface area contributed by atoms with Gasteiger partial charge in [0.15, 0.2) is 0 Å². The fourth-order valence-corrected chi connectivity index (χ4v) is 2.03. The highest BCUT2D eigenvalue weighted by molar-refractivity contribution is 5.89. The van der Waals surface area contributed by atoms with Crippen LogP contribution in [0, 0.1) is 0 Å². The molecule has 1 aromatic heterocycles. The minimum absolute atomic E-state index is 0.232. The van der Waals surface area contributed by atoms with Crippen LogP contribution in [0.4, 0.5) is 30.6 Å². The molecule has 0 amide bonds. The highest BCUT2D eigenvalue weighted by Crippen LogP contribution is 2.30. The van der Waals surface area contributed by atoms with Crippen molar-refractivity contribution in [1.29, 1.82) is 0 Å². The predicted octanol–water partition coefficient (Wildman–Crippen LogP) is 3.97. The number of hydrogen-bond donors (Lipinski definition) is 2. The zero-order chi connectivity index (χ0) is 15.7. The van der Waals surface area contributed by atoms with E-state index >= 15 is 0 Å². The van der Waals surface area contributed by atoms with Crippen LogP contribution >= 0.6 is 0 Å². The first kappa shape index (κ1) is 14.1. The lowest BCUT2D eigenvalue weighted by molar-refractivity contribution is -0.137. The van der Waals surface area contributed by atoms with E-state index in [2.05, 4.69) is 15.3 Å². The third-order valence-corrected chi connectivity index (χ3v) is 3.10. The number of nitrogens with zero attached hydrogens (tertiary/aromatic N) is 2. The molecule has 0 atom stereocenters. The van der Waals surface area contributed by atoms with Crippen molar-refractivity contribution in [2.75, 3.05) is 11.1 Å². The molecule has 0 aliphatic heterocycles. The maximum absolute atomic E-state index is 12.5. The number of anilines is 3. The van der Waals surface area contributed by atoms with Gasteiger partial charge in [-0.2, -0.15) is 18.2 Å². The molecular weight excluding hydrogens is 293 g/mol. The number of fused-ring (bicyclic) bond motifs is 1. The van der Waals surface area contributed by atoms with Crippen LogP contribution in [-0.2, 0) is 6.18 Å². The molecule has 2 aromatic carbocycles. The normalized spacial score (nSPS) is 11.6. The number of nitrogens with two attached hydrogens (primary N) is 1. The van der Waals surface area contributed by atoms with Gasteiger partial charge in [-0.25, -0.2) is 4.98 Å². The van der Waals surface area contributed by atoms with Crippen LogP contribution in [0.3, 0.4) is 0 Å². The molecule has 3 aromatic rings. The summed E-state index contributed by atoms with van der Waals surface area (Å²) in [7, 11) is 0. The third-order valence-electron chi connectivity index (χ3n) is 3.10. The average Bonchev–Trinajstić information content (AvgIpc) is 2.47. The number of hydrogen-bond acceptors (Lipinski definition) is 4. The summed E-state index contributed by atoms with van der Waals surface area (Å²) in [6.07, 6.45) is -4.36. The van der Waals surface area contributed by atoms with Crippen LogP contribution in [0.1, 0.15) is 5.56 Å². The number of benzene rings is 2. The number of nitrogen functional groups attached to an aromatic ring is 1. The zero-order valence-corrected chi connectivity index (χ0v) is 11.2. The molecule has 1 heterocycles. The summed E-state index contributed by atoms with van der Waals surface area (Å²) in [6, 6.07) is 11.8. The lowest BCUT2D eigenvalue weighted by atomic mass is 10.2. The third kappa shape index (κ3) is 2.78. The molecule has 3 N–H and O–H groups in total. The van der Waals surface area contributed by atoms with Crippen molar-refractivity contribution in [2.24, 2.45) is 0 Å². The Kier molecular flexibility index (Phi) is 3.32.